The molecule has 0 unspecified atom stereocenters. The van der Waals surface area contributed by atoms with Gasteiger partial charge in [-0.25, -0.2) is 4.68 Å². The summed E-state index contributed by atoms with van der Waals surface area (Å²) in [6, 6.07) is 7.85. The number of hydrogen-bond donors (Lipinski definition) is 1. The number of aromatic nitrogens is 2. The maximum absolute atomic E-state index is 12.6. The lowest BCUT2D eigenvalue weighted by Crippen LogP contribution is -2.30. The van der Waals surface area contributed by atoms with Crippen molar-refractivity contribution in [2.75, 3.05) is 26.7 Å². The molecule has 1 aliphatic heterocycles. The lowest BCUT2D eigenvalue weighted by molar-refractivity contribution is 0.0787. The Kier molecular flexibility index (Phi) is 4.59. The lowest BCUT2D eigenvalue weighted by atomic mass is 10.1. The summed E-state index contributed by atoms with van der Waals surface area (Å²) < 4.78 is 2.72. The minimum atomic E-state index is 0.0693. The highest BCUT2D eigenvalue weighted by molar-refractivity contribution is 9.10. The Labute approximate surface area is 138 Å². The zero-order valence-corrected chi connectivity index (χ0v) is 14.1. The molecular formula is C16H19BrN4O. The standard InChI is InChI=1S/C16H19BrN4O/c1-18-8-12-5-6-20(10-12)16(22)13-9-19-21(11-13)15-4-2-3-14(17)7-15/h2-4,7,9,11-12,18H,5-6,8,10H2,1H3/t12-/m1/s1. The van der Waals surface area contributed by atoms with Crippen LogP contribution in [0.1, 0.15) is 16.8 Å². The van der Waals surface area contributed by atoms with Crippen molar-refractivity contribution >= 4 is 21.8 Å². The van der Waals surface area contributed by atoms with Crippen LogP contribution in [-0.4, -0.2) is 47.3 Å². The van der Waals surface area contributed by atoms with Crippen LogP contribution < -0.4 is 5.32 Å². The van der Waals surface area contributed by atoms with Crippen molar-refractivity contribution in [1.29, 1.82) is 0 Å². The number of amides is 1. The average Bonchev–Trinajstić information content (AvgIpc) is 3.16. The van der Waals surface area contributed by atoms with Crippen molar-refractivity contribution in [2.24, 2.45) is 5.92 Å². The molecule has 0 aliphatic carbocycles. The molecule has 5 nitrogen and oxygen atoms in total. The Hall–Kier alpha value is -1.66. The second-order valence-corrected chi connectivity index (χ2v) is 6.53. The molecule has 116 valence electrons. The number of nitrogens with zero attached hydrogens (tertiary/aromatic N) is 3. The van der Waals surface area contributed by atoms with Gasteiger partial charge in [-0.1, -0.05) is 22.0 Å². The van der Waals surface area contributed by atoms with Crippen LogP contribution in [0.25, 0.3) is 5.69 Å². The molecule has 2 aromatic rings. The summed E-state index contributed by atoms with van der Waals surface area (Å²) in [5, 5.41) is 7.49. The number of likely N-dealkylation sites (tertiary alicyclic amines) is 1. The number of halogens is 1. The first-order valence-electron chi connectivity index (χ1n) is 7.42. The Balaban J connectivity index is 1.72. The van der Waals surface area contributed by atoms with Gasteiger partial charge in [0.1, 0.15) is 0 Å². The van der Waals surface area contributed by atoms with Crippen LogP contribution in [0.4, 0.5) is 0 Å². The first-order valence-corrected chi connectivity index (χ1v) is 8.21. The summed E-state index contributed by atoms with van der Waals surface area (Å²) in [6.07, 6.45) is 4.51. The van der Waals surface area contributed by atoms with Crippen molar-refractivity contribution < 1.29 is 4.79 Å². The van der Waals surface area contributed by atoms with E-state index in [9.17, 15) is 4.79 Å². The molecule has 2 heterocycles. The molecule has 6 heteroatoms. The number of carbonyl (C=O) groups excluding carboxylic acids is 1. The van der Waals surface area contributed by atoms with Gasteiger partial charge in [-0.15, -0.1) is 0 Å². The van der Waals surface area contributed by atoms with Crippen LogP contribution in [0.5, 0.6) is 0 Å². The fourth-order valence-electron chi connectivity index (χ4n) is 2.85. The molecule has 0 radical (unpaired) electrons. The second kappa shape index (κ2) is 6.62. The molecule has 1 atom stereocenters. The largest absolute Gasteiger partial charge is 0.338 e. The fourth-order valence-corrected chi connectivity index (χ4v) is 3.24. The number of benzene rings is 1. The van der Waals surface area contributed by atoms with E-state index in [0.717, 1.165) is 36.2 Å². The van der Waals surface area contributed by atoms with Gasteiger partial charge in [-0.2, -0.15) is 5.10 Å². The average molecular weight is 363 g/mol. The Morgan fingerprint density at radius 2 is 2.36 bits per heavy atom. The van der Waals surface area contributed by atoms with Crippen LogP contribution in [-0.2, 0) is 0 Å². The predicted octanol–water partition coefficient (Wildman–Crippen LogP) is 2.32. The van der Waals surface area contributed by atoms with Crippen molar-refractivity contribution in [3.8, 4) is 5.69 Å². The molecule has 1 saturated heterocycles. The van der Waals surface area contributed by atoms with Crippen LogP contribution in [0.3, 0.4) is 0 Å². The van der Waals surface area contributed by atoms with Gasteiger partial charge in [0.15, 0.2) is 0 Å². The van der Waals surface area contributed by atoms with Crippen molar-refractivity contribution in [3.63, 3.8) is 0 Å². The number of hydrogen-bond acceptors (Lipinski definition) is 3. The van der Waals surface area contributed by atoms with Gasteiger partial charge in [-0.3, -0.25) is 4.79 Å². The minimum absolute atomic E-state index is 0.0693. The number of rotatable bonds is 4. The summed E-state index contributed by atoms with van der Waals surface area (Å²) in [7, 11) is 1.95. The molecule has 0 saturated carbocycles. The zero-order chi connectivity index (χ0) is 15.5. The highest BCUT2D eigenvalue weighted by atomic mass is 79.9. The van der Waals surface area contributed by atoms with E-state index in [1.807, 2.05) is 36.2 Å². The normalized spacial score (nSPS) is 17.9. The van der Waals surface area contributed by atoms with Gasteiger partial charge in [-0.05, 0) is 44.1 Å². The SMILES string of the molecule is CNC[C@H]1CCN(C(=O)c2cnn(-c3cccc(Br)c3)c2)C1. The molecule has 1 aromatic heterocycles. The van der Waals surface area contributed by atoms with E-state index in [4.69, 9.17) is 0 Å². The minimum Gasteiger partial charge on any atom is -0.338 e. The third-order valence-corrected chi connectivity index (χ3v) is 4.46. The van der Waals surface area contributed by atoms with Crippen LogP contribution in [0.15, 0.2) is 41.1 Å². The maximum atomic E-state index is 12.6. The molecule has 1 aliphatic rings. The molecule has 1 amide bonds. The summed E-state index contributed by atoms with van der Waals surface area (Å²) in [6.45, 7) is 2.61. The Morgan fingerprint density at radius 1 is 1.50 bits per heavy atom. The van der Waals surface area contributed by atoms with Crippen molar-refractivity contribution in [1.82, 2.24) is 20.0 Å². The molecule has 22 heavy (non-hydrogen) atoms. The summed E-state index contributed by atoms with van der Waals surface area (Å²) >= 11 is 3.45. The van der Waals surface area contributed by atoms with E-state index in [2.05, 4.69) is 26.3 Å². The van der Waals surface area contributed by atoms with Gasteiger partial charge in [0.05, 0.1) is 17.4 Å². The van der Waals surface area contributed by atoms with E-state index >= 15 is 0 Å². The molecule has 1 aromatic carbocycles. The monoisotopic (exact) mass is 362 g/mol. The highest BCUT2D eigenvalue weighted by Gasteiger charge is 2.27. The van der Waals surface area contributed by atoms with Crippen molar-refractivity contribution in [2.45, 2.75) is 6.42 Å². The topological polar surface area (TPSA) is 50.2 Å². The smallest absolute Gasteiger partial charge is 0.257 e. The van der Waals surface area contributed by atoms with Crippen LogP contribution in [0.2, 0.25) is 0 Å². The molecule has 0 spiro atoms. The van der Waals surface area contributed by atoms with Crippen LogP contribution in [0, 0.1) is 5.92 Å². The van der Waals surface area contributed by atoms with E-state index in [0.29, 0.717) is 11.5 Å². The predicted molar refractivity (Wildman–Crippen MR) is 89.2 cm³/mol. The van der Waals surface area contributed by atoms with E-state index in [1.165, 1.54) is 0 Å². The van der Waals surface area contributed by atoms with Gasteiger partial charge in [0, 0.05) is 23.8 Å². The fraction of sp³-hybridized carbons (Fsp3) is 0.375. The first-order chi connectivity index (χ1) is 10.7. The molecule has 1 fully saturated rings. The van der Waals surface area contributed by atoms with Gasteiger partial charge >= 0.3 is 0 Å². The third-order valence-electron chi connectivity index (χ3n) is 3.97. The van der Waals surface area contributed by atoms with E-state index in [-0.39, 0.29) is 5.91 Å². The molecular weight excluding hydrogens is 344 g/mol. The van der Waals surface area contributed by atoms with Gasteiger partial charge < -0.3 is 10.2 Å². The number of nitrogens with one attached hydrogen (secondary N) is 1. The zero-order valence-electron chi connectivity index (χ0n) is 12.5. The van der Waals surface area contributed by atoms with E-state index in [1.54, 1.807) is 17.1 Å². The summed E-state index contributed by atoms with van der Waals surface area (Å²) in [5.41, 5.74) is 1.58. The van der Waals surface area contributed by atoms with Crippen LogP contribution >= 0.6 is 15.9 Å². The summed E-state index contributed by atoms with van der Waals surface area (Å²) in [4.78, 5) is 14.5. The maximum Gasteiger partial charge on any atom is 0.257 e. The Bertz CT molecular complexity index is 670. The first kappa shape index (κ1) is 15.2. The molecule has 0 bridgehead atoms. The molecule has 3 rings (SSSR count). The third kappa shape index (κ3) is 3.23. The summed E-state index contributed by atoms with van der Waals surface area (Å²) in [5.74, 6) is 0.619. The lowest BCUT2D eigenvalue weighted by Gasteiger charge is -2.15. The molecule has 1 N–H and O–H groups in total. The second-order valence-electron chi connectivity index (χ2n) is 5.62. The van der Waals surface area contributed by atoms with Gasteiger partial charge in [0.25, 0.3) is 5.91 Å². The highest BCUT2D eigenvalue weighted by Crippen LogP contribution is 2.19. The number of carbonyl (C=O) groups is 1. The quantitative estimate of drug-likeness (QED) is 0.907. The van der Waals surface area contributed by atoms with Gasteiger partial charge in [0.2, 0.25) is 0 Å². The van der Waals surface area contributed by atoms with Crippen molar-refractivity contribution in [3.05, 3.63) is 46.7 Å². The van der Waals surface area contributed by atoms with E-state index < -0.39 is 0 Å². The Morgan fingerprint density at radius 3 is 3.14 bits per heavy atom.